The zero-order valence-electron chi connectivity index (χ0n) is 12.3. The molecule has 1 aliphatic heterocycles. The molecule has 0 radical (unpaired) electrons. The number of aromatic amines is 1. The minimum atomic E-state index is 0.0887. The third-order valence-electron chi connectivity index (χ3n) is 3.33. The van der Waals surface area contributed by atoms with E-state index >= 15 is 0 Å². The zero-order valence-corrected chi connectivity index (χ0v) is 12.3. The standard InChI is InChI=1S/C14H24N4O2/c1-11-8-18(9-12(2)20-11)10-14(19)17-5-3-4-13-15-6-7-16-13/h6-7,11-12H,3-5,8-10H2,1-2H3,(H,15,16)(H,17,19)/t11-,12+. The summed E-state index contributed by atoms with van der Waals surface area (Å²) < 4.78 is 5.65. The van der Waals surface area contributed by atoms with Crippen LogP contribution in [0.15, 0.2) is 12.4 Å². The lowest BCUT2D eigenvalue weighted by molar-refractivity contribution is -0.125. The van der Waals surface area contributed by atoms with E-state index < -0.39 is 0 Å². The van der Waals surface area contributed by atoms with E-state index in [-0.39, 0.29) is 18.1 Å². The van der Waals surface area contributed by atoms with Crippen LogP contribution in [0.5, 0.6) is 0 Å². The van der Waals surface area contributed by atoms with Gasteiger partial charge in [0.05, 0.1) is 18.8 Å². The second-order valence-electron chi connectivity index (χ2n) is 5.44. The highest BCUT2D eigenvalue weighted by Crippen LogP contribution is 2.09. The van der Waals surface area contributed by atoms with Gasteiger partial charge >= 0.3 is 0 Å². The average molecular weight is 280 g/mol. The predicted molar refractivity (Wildman–Crippen MR) is 76.4 cm³/mol. The number of hydrogen-bond acceptors (Lipinski definition) is 4. The molecule has 2 atom stereocenters. The highest BCUT2D eigenvalue weighted by atomic mass is 16.5. The van der Waals surface area contributed by atoms with Crippen molar-refractivity contribution in [3.63, 3.8) is 0 Å². The van der Waals surface area contributed by atoms with E-state index in [4.69, 9.17) is 4.74 Å². The molecule has 1 fully saturated rings. The molecule has 0 aliphatic carbocycles. The lowest BCUT2D eigenvalue weighted by Crippen LogP contribution is -2.49. The van der Waals surface area contributed by atoms with E-state index in [9.17, 15) is 4.79 Å². The molecule has 2 heterocycles. The van der Waals surface area contributed by atoms with Crippen molar-refractivity contribution >= 4 is 5.91 Å². The first-order valence-corrected chi connectivity index (χ1v) is 7.26. The quantitative estimate of drug-likeness (QED) is 0.747. The van der Waals surface area contributed by atoms with E-state index in [1.807, 2.05) is 20.0 Å². The summed E-state index contributed by atoms with van der Waals surface area (Å²) in [6, 6.07) is 0. The van der Waals surface area contributed by atoms with E-state index in [1.165, 1.54) is 0 Å². The number of nitrogens with one attached hydrogen (secondary N) is 2. The van der Waals surface area contributed by atoms with Crippen molar-refractivity contribution in [1.82, 2.24) is 20.2 Å². The van der Waals surface area contributed by atoms with Gasteiger partial charge in [-0.1, -0.05) is 0 Å². The zero-order chi connectivity index (χ0) is 14.4. The van der Waals surface area contributed by atoms with Crippen LogP contribution in [0, 0.1) is 0 Å². The topological polar surface area (TPSA) is 70.2 Å². The number of aryl methyl sites for hydroxylation is 1. The Balaban J connectivity index is 1.60. The Morgan fingerprint density at radius 2 is 2.25 bits per heavy atom. The fourth-order valence-electron chi connectivity index (χ4n) is 2.59. The van der Waals surface area contributed by atoms with Crippen LogP contribution in [-0.4, -0.2) is 59.2 Å². The van der Waals surface area contributed by atoms with Crippen molar-refractivity contribution in [3.05, 3.63) is 18.2 Å². The van der Waals surface area contributed by atoms with E-state index in [2.05, 4.69) is 20.2 Å². The first kappa shape index (κ1) is 15.0. The number of hydrogen-bond donors (Lipinski definition) is 2. The number of imidazole rings is 1. The van der Waals surface area contributed by atoms with Gasteiger partial charge in [-0.25, -0.2) is 4.98 Å². The van der Waals surface area contributed by atoms with Crippen LogP contribution in [0.1, 0.15) is 26.1 Å². The van der Waals surface area contributed by atoms with E-state index in [1.54, 1.807) is 6.20 Å². The molecule has 1 aromatic heterocycles. The van der Waals surface area contributed by atoms with Crippen molar-refractivity contribution in [3.8, 4) is 0 Å². The Morgan fingerprint density at radius 1 is 1.50 bits per heavy atom. The number of H-pyrrole nitrogens is 1. The molecule has 1 aliphatic rings. The minimum absolute atomic E-state index is 0.0887. The third kappa shape index (κ3) is 4.94. The van der Waals surface area contributed by atoms with Crippen molar-refractivity contribution in [2.75, 3.05) is 26.2 Å². The molecule has 0 unspecified atom stereocenters. The van der Waals surface area contributed by atoms with Gasteiger partial charge in [0, 0.05) is 38.4 Å². The number of amides is 1. The van der Waals surface area contributed by atoms with Crippen LogP contribution in [0.2, 0.25) is 0 Å². The Morgan fingerprint density at radius 3 is 2.90 bits per heavy atom. The summed E-state index contributed by atoms with van der Waals surface area (Å²) in [6.07, 6.45) is 5.72. The van der Waals surface area contributed by atoms with Crippen LogP contribution in [0.25, 0.3) is 0 Å². The summed E-state index contributed by atoms with van der Waals surface area (Å²) in [7, 11) is 0. The molecule has 2 N–H and O–H groups in total. The SMILES string of the molecule is C[C@@H]1CN(CC(=O)NCCCc2ncc[nH]2)C[C@H](C)O1. The van der Waals surface area contributed by atoms with Crippen molar-refractivity contribution in [1.29, 1.82) is 0 Å². The predicted octanol–water partition coefficient (Wildman–Crippen LogP) is 0.568. The number of rotatable bonds is 6. The van der Waals surface area contributed by atoms with Gasteiger partial charge in [0.15, 0.2) is 0 Å². The summed E-state index contributed by atoms with van der Waals surface area (Å²) in [5.41, 5.74) is 0. The molecule has 0 spiro atoms. The van der Waals surface area contributed by atoms with E-state index in [0.29, 0.717) is 13.1 Å². The second kappa shape index (κ2) is 7.40. The molecule has 2 rings (SSSR count). The summed E-state index contributed by atoms with van der Waals surface area (Å²) in [4.78, 5) is 21.2. The molecule has 6 heteroatoms. The van der Waals surface area contributed by atoms with Gasteiger partial charge in [-0.05, 0) is 20.3 Å². The van der Waals surface area contributed by atoms with Gasteiger partial charge in [-0.15, -0.1) is 0 Å². The summed E-state index contributed by atoms with van der Waals surface area (Å²) in [5, 5.41) is 2.96. The number of carbonyl (C=O) groups is 1. The molecule has 0 saturated carbocycles. The first-order valence-electron chi connectivity index (χ1n) is 7.26. The third-order valence-corrected chi connectivity index (χ3v) is 3.33. The first-order chi connectivity index (χ1) is 9.63. The summed E-state index contributed by atoms with van der Waals surface area (Å²) >= 11 is 0. The second-order valence-corrected chi connectivity index (χ2v) is 5.44. The maximum atomic E-state index is 11.9. The molecule has 1 amide bonds. The van der Waals surface area contributed by atoms with Crippen LogP contribution in [0.4, 0.5) is 0 Å². The molecule has 1 saturated heterocycles. The Labute approximate surface area is 119 Å². The van der Waals surface area contributed by atoms with Gasteiger partial charge < -0.3 is 15.0 Å². The number of morpholine rings is 1. The molecular formula is C14H24N4O2. The molecule has 20 heavy (non-hydrogen) atoms. The lowest BCUT2D eigenvalue weighted by atomic mass is 10.2. The minimum Gasteiger partial charge on any atom is -0.373 e. The largest absolute Gasteiger partial charge is 0.373 e. The number of carbonyl (C=O) groups excluding carboxylic acids is 1. The molecule has 112 valence electrons. The number of ether oxygens (including phenoxy) is 1. The maximum absolute atomic E-state index is 11.9. The van der Waals surface area contributed by atoms with Crippen LogP contribution >= 0.6 is 0 Å². The fourth-order valence-corrected chi connectivity index (χ4v) is 2.59. The van der Waals surface area contributed by atoms with Crippen LogP contribution < -0.4 is 5.32 Å². The highest BCUT2D eigenvalue weighted by Gasteiger charge is 2.23. The number of aromatic nitrogens is 2. The Kier molecular flexibility index (Phi) is 5.55. The van der Waals surface area contributed by atoms with Crippen molar-refractivity contribution in [2.24, 2.45) is 0 Å². The van der Waals surface area contributed by atoms with Gasteiger partial charge in [0.25, 0.3) is 0 Å². The average Bonchev–Trinajstić information content (AvgIpc) is 2.86. The Bertz CT molecular complexity index is 397. The Hall–Kier alpha value is -1.40. The van der Waals surface area contributed by atoms with Crippen LogP contribution in [0.3, 0.4) is 0 Å². The van der Waals surface area contributed by atoms with Crippen LogP contribution in [-0.2, 0) is 16.0 Å². The smallest absolute Gasteiger partial charge is 0.234 e. The molecule has 6 nitrogen and oxygen atoms in total. The molecule has 1 aromatic rings. The summed E-state index contributed by atoms with van der Waals surface area (Å²) in [5.74, 6) is 1.06. The fraction of sp³-hybridized carbons (Fsp3) is 0.714. The molecule has 0 bridgehead atoms. The summed E-state index contributed by atoms with van der Waals surface area (Å²) in [6.45, 7) is 6.88. The monoisotopic (exact) mass is 280 g/mol. The number of nitrogens with zero attached hydrogens (tertiary/aromatic N) is 2. The highest BCUT2D eigenvalue weighted by molar-refractivity contribution is 5.77. The van der Waals surface area contributed by atoms with Gasteiger partial charge in [0.1, 0.15) is 5.82 Å². The van der Waals surface area contributed by atoms with Gasteiger partial charge in [-0.2, -0.15) is 0 Å². The van der Waals surface area contributed by atoms with Gasteiger partial charge in [-0.3, -0.25) is 9.69 Å². The maximum Gasteiger partial charge on any atom is 0.234 e. The van der Waals surface area contributed by atoms with E-state index in [0.717, 1.165) is 31.8 Å². The molecular weight excluding hydrogens is 256 g/mol. The lowest BCUT2D eigenvalue weighted by Gasteiger charge is -2.34. The van der Waals surface area contributed by atoms with Crippen molar-refractivity contribution in [2.45, 2.75) is 38.9 Å². The van der Waals surface area contributed by atoms with Crippen molar-refractivity contribution < 1.29 is 9.53 Å². The molecule has 0 aromatic carbocycles. The van der Waals surface area contributed by atoms with Gasteiger partial charge in [0.2, 0.25) is 5.91 Å². The normalized spacial score (nSPS) is 23.7.